The number of hydrogen-bond acceptors (Lipinski definition) is 3. The second-order valence-corrected chi connectivity index (χ2v) is 8.50. The average Bonchev–Trinajstić information content (AvgIpc) is 2.98. The van der Waals surface area contributed by atoms with Crippen LogP contribution in [0.3, 0.4) is 0 Å². The van der Waals surface area contributed by atoms with Gasteiger partial charge in [0.05, 0.1) is 52.4 Å². The van der Waals surface area contributed by atoms with Gasteiger partial charge in [-0.3, -0.25) is 0 Å². The van der Waals surface area contributed by atoms with E-state index in [0.29, 0.717) is 15.5 Å². The van der Waals surface area contributed by atoms with Gasteiger partial charge in [0.15, 0.2) is 0 Å². The van der Waals surface area contributed by atoms with Crippen molar-refractivity contribution in [2.45, 2.75) is 12.6 Å². The van der Waals surface area contributed by atoms with Gasteiger partial charge in [0.2, 0.25) is 0 Å². The number of carbonyl (C=O) groups is 1. The summed E-state index contributed by atoms with van der Waals surface area (Å²) in [5, 5.41) is 9.26. The molecule has 11 heteroatoms. The summed E-state index contributed by atoms with van der Waals surface area (Å²) in [7, 11) is 0. The number of ether oxygens (including phenoxy) is 1. The molecule has 1 aliphatic heterocycles. The third kappa shape index (κ3) is 3.99. The van der Waals surface area contributed by atoms with Crippen molar-refractivity contribution in [2.24, 2.45) is 0 Å². The molecule has 1 N–H and O–H groups in total. The van der Waals surface area contributed by atoms with Gasteiger partial charge in [0, 0.05) is 17.1 Å². The molecule has 1 amide bonds. The summed E-state index contributed by atoms with van der Waals surface area (Å²) >= 11 is 15.4. The number of hydrogen-bond donors (Lipinski definition) is 1. The van der Waals surface area contributed by atoms with Gasteiger partial charge < -0.3 is 19.3 Å². The first kappa shape index (κ1) is 21.3. The van der Waals surface area contributed by atoms with Gasteiger partial charge in [-0.25, -0.2) is 18.6 Å². The van der Waals surface area contributed by atoms with Gasteiger partial charge in [-0.2, -0.15) is 0 Å². The number of aromatic nitrogens is 2. The number of fused-ring (bicyclic) bond motifs is 1. The third-order valence-corrected chi connectivity index (χ3v) is 5.86. The zero-order valence-corrected chi connectivity index (χ0v) is 18.3. The summed E-state index contributed by atoms with van der Waals surface area (Å²) in [4.78, 5) is 17.0. The SMILES string of the molecule is O=C(O)N1CCO[C@@H](Cn2c(-c3c(F)cc(Br)cc3Cl)nc3cc(Cl)c(F)cc32)C1. The number of morpholine rings is 1. The Balaban J connectivity index is 1.86. The second kappa shape index (κ2) is 8.30. The second-order valence-electron chi connectivity index (χ2n) is 6.77. The average molecular weight is 521 g/mol. The van der Waals surface area contributed by atoms with Crippen LogP contribution in [0.5, 0.6) is 0 Å². The molecule has 1 saturated heterocycles. The molecule has 1 fully saturated rings. The summed E-state index contributed by atoms with van der Waals surface area (Å²) in [5.41, 5.74) is 0.750. The van der Waals surface area contributed by atoms with Crippen LogP contribution in [0.25, 0.3) is 22.4 Å². The molecule has 1 aromatic heterocycles. The van der Waals surface area contributed by atoms with Gasteiger partial charge in [0.25, 0.3) is 0 Å². The van der Waals surface area contributed by atoms with Crippen molar-refractivity contribution in [1.82, 2.24) is 14.5 Å². The number of benzene rings is 2. The predicted octanol–water partition coefficient (Wildman–Crippen LogP) is 5.43. The Morgan fingerprint density at radius 2 is 2.00 bits per heavy atom. The highest BCUT2D eigenvalue weighted by molar-refractivity contribution is 9.10. The minimum atomic E-state index is -1.06. The molecule has 30 heavy (non-hydrogen) atoms. The van der Waals surface area contributed by atoms with Crippen LogP contribution < -0.4 is 0 Å². The molecule has 4 rings (SSSR count). The molecule has 1 atom stereocenters. The van der Waals surface area contributed by atoms with E-state index in [1.54, 1.807) is 4.57 Å². The maximum absolute atomic E-state index is 14.8. The van der Waals surface area contributed by atoms with Crippen LogP contribution in [-0.4, -0.2) is 51.5 Å². The number of halogens is 5. The zero-order chi connectivity index (χ0) is 21.6. The molecular formula is C19H14BrCl2F2N3O3. The number of rotatable bonds is 3. The largest absolute Gasteiger partial charge is 0.465 e. The van der Waals surface area contributed by atoms with Crippen LogP contribution in [0, 0.1) is 11.6 Å². The zero-order valence-electron chi connectivity index (χ0n) is 15.2. The molecule has 0 aliphatic carbocycles. The molecule has 2 heterocycles. The molecule has 0 saturated carbocycles. The number of amides is 1. The first-order chi connectivity index (χ1) is 14.2. The maximum Gasteiger partial charge on any atom is 0.407 e. The summed E-state index contributed by atoms with van der Waals surface area (Å²) in [6.45, 7) is 0.691. The topological polar surface area (TPSA) is 67.6 Å². The highest BCUT2D eigenvalue weighted by Crippen LogP contribution is 2.36. The van der Waals surface area contributed by atoms with Crippen LogP contribution >= 0.6 is 39.1 Å². The molecule has 0 bridgehead atoms. The van der Waals surface area contributed by atoms with E-state index in [1.807, 2.05) is 0 Å². The van der Waals surface area contributed by atoms with Crippen LogP contribution in [0.2, 0.25) is 10.0 Å². The molecule has 3 aromatic rings. The van der Waals surface area contributed by atoms with E-state index in [-0.39, 0.29) is 47.7 Å². The molecule has 2 aromatic carbocycles. The van der Waals surface area contributed by atoms with Crippen molar-refractivity contribution < 1.29 is 23.4 Å². The lowest BCUT2D eigenvalue weighted by atomic mass is 10.2. The van der Waals surface area contributed by atoms with Crippen molar-refractivity contribution in [3.05, 3.63) is 50.4 Å². The summed E-state index contributed by atoms with van der Waals surface area (Å²) in [6.07, 6.45) is -1.60. The molecule has 0 spiro atoms. The van der Waals surface area contributed by atoms with Gasteiger partial charge in [-0.15, -0.1) is 0 Å². The highest BCUT2D eigenvalue weighted by atomic mass is 79.9. The fourth-order valence-electron chi connectivity index (χ4n) is 3.46. The minimum absolute atomic E-state index is 0.0403. The molecular weight excluding hydrogens is 507 g/mol. The van der Waals surface area contributed by atoms with Crippen LogP contribution in [0.1, 0.15) is 0 Å². The van der Waals surface area contributed by atoms with Crippen LogP contribution in [0.4, 0.5) is 13.6 Å². The van der Waals surface area contributed by atoms with Crippen molar-refractivity contribution in [3.8, 4) is 11.4 Å². The third-order valence-electron chi connectivity index (χ3n) is 4.82. The van der Waals surface area contributed by atoms with E-state index in [1.165, 1.54) is 29.2 Å². The standard InChI is InChI=1S/C19H14BrCl2F2N3O3/c20-9-3-12(22)17(14(24)4-9)18-25-15-5-11(21)13(23)6-16(15)27(18)8-10-7-26(19(28)29)1-2-30-10/h3-6,10H,1-2,7-8H2,(H,28,29)/t10-/m1/s1. The lowest BCUT2D eigenvalue weighted by Crippen LogP contribution is -2.46. The maximum atomic E-state index is 14.8. The van der Waals surface area contributed by atoms with Crippen molar-refractivity contribution >= 4 is 56.3 Å². The molecule has 6 nitrogen and oxygen atoms in total. The van der Waals surface area contributed by atoms with Crippen molar-refractivity contribution in [3.63, 3.8) is 0 Å². The first-order valence-electron chi connectivity index (χ1n) is 8.84. The lowest BCUT2D eigenvalue weighted by Gasteiger charge is -2.31. The molecule has 158 valence electrons. The molecule has 0 radical (unpaired) electrons. The van der Waals surface area contributed by atoms with Crippen molar-refractivity contribution in [1.29, 1.82) is 0 Å². The predicted molar refractivity (Wildman–Crippen MR) is 112 cm³/mol. The van der Waals surface area contributed by atoms with E-state index < -0.39 is 23.8 Å². The van der Waals surface area contributed by atoms with E-state index in [4.69, 9.17) is 27.9 Å². The molecule has 0 unspecified atom stereocenters. The molecule has 1 aliphatic rings. The summed E-state index contributed by atoms with van der Waals surface area (Å²) in [6, 6.07) is 5.33. The van der Waals surface area contributed by atoms with E-state index in [2.05, 4.69) is 20.9 Å². The van der Waals surface area contributed by atoms with Crippen LogP contribution in [-0.2, 0) is 11.3 Å². The van der Waals surface area contributed by atoms with E-state index in [9.17, 15) is 18.7 Å². The summed E-state index contributed by atoms with van der Waals surface area (Å²) < 4.78 is 36.8. The highest BCUT2D eigenvalue weighted by Gasteiger charge is 2.27. The quantitative estimate of drug-likeness (QED) is 0.500. The lowest BCUT2D eigenvalue weighted by molar-refractivity contribution is -0.0286. The summed E-state index contributed by atoms with van der Waals surface area (Å²) in [5.74, 6) is -1.11. The Morgan fingerprint density at radius 1 is 1.23 bits per heavy atom. The fourth-order valence-corrected chi connectivity index (χ4v) is 4.47. The number of nitrogens with zero attached hydrogens (tertiary/aromatic N) is 3. The Morgan fingerprint density at radius 3 is 2.70 bits per heavy atom. The smallest absolute Gasteiger partial charge is 0.407 e. The van der Waals surface area contributed by atoms with E-state index in [0.717, 1.165) is 0 Å². The number of imidazole rings is 1. The Hall–Kier alpha value is -1.94. The fraction of sp³-hybridized carbons (Fsp3) is 0.263. The minimum Gasteiger partial charge on any atom is -0.465 e. The van der Waals surface area contributed by atoms with E-state index >= 15 is 0 Å². The monoisotopic (exact) mass is 519 g/mol. The Kier molecular flexibility index (Phi) is 5.89. The van der Waals surface area contributed by atoms with Gasteiger partial charge in [-0.1, -0.05) is 39.1 Å². The van der Waals surface area contributed by atoms with Gasteiger partial charge in [0.1, 0.15) is 17.5 Å². The normalized spacial score (nSPS) is 17.0. The van der Waals surface area contributed by atoms with Gasteiger partial charge >= 0.3 is 6.09 Å². The first-order valence-corrected chi connectivity index (χ1v) is 10.4. The Bertz CT molecular complexity index is 1130. The van der Waals surface area contributed by atoms with Gasteiger partial charge in [-0.05, 0) is 18.2 Å². The van der Waals surface area contributed by atoms with Crippen molar-refractivity contribution in [2.75, 3.05) is 19.7 Å². The van der Waals surface area contributed by atoms with Crippen LogP contribution in [0.15, 0.2) is 28.7 Å². The number of carboxylic acid groups (broad SMARTS) is 1. The Labute approximate surface area is 188 Å².